The first-order valence-electron chi connectivity index (χ1n) is 10.00. The number of pyridine rings is 1. The molecule has 0 radical (unpaired) electrons. The maximum absolute atomic E-state index is 12.6. The number of rotatable bonds is 3. The number of aryl methyl sites for hydroxylation is 2. The summed E-state index contributed by atoms with van der Waals surface area (Å²) in [5.41, 5.74) is 3.04. The van der Waals surface area contributed by atoms with E-state index in [1.165, 1.54) is 0 Å². The van der Waals surface area contributed by atoms with Gasteiger partial charge in [0.2, 0.25) is 0 Å². The number of aromatic amines is 1. The van der Waals surface area contributed by atoms with Crippen molar-refractivity contribution in [3.05, 3.63) is 41.0 Å². The molecule has 10 heteroatoms. The van der Waals surface area contributed by atoms with E-state index in [0.29, 0.717) is 24.5 Å². The summed E-state index contributed by atoms with van der Waals surface area (Å²) in [7, 11) is 0. The Balaban J connectivity index is 0.000000806. The van der Waals surface area contributed by atoms with Crippen LogP contribution in [0.15, 0.2) is 18.2 Å². The van der Waals surface area contributed by atoms with Crippen molar-refractivity contribution in [1.82, 2.24) is 30.2 Å². The Morgan fingerprint density at radius 2 is 2.00 bits per heavy atom. The molecule has 2 aliphatic rings. The second-order valence-corrected chi connectivity index (χ2v) is 7.67. The van der Waals surface area contributed by atoms with E-state index in [9.17, 15) is 4.79 Å². The maximum Gasteiger partial charge on any atom is 0.290 e. The van der Waals surface area contributed by atoms with E-state index in [0.717, 1.165) is 50.5 Å². The van der Waals surface area contributed by atoms with Crippen LogP contribution in [0.4, 0.5) is 0 Å². The van der Waals surface area contributed by atoms with Crippen molar-refractivity contribution in [2.75, 3.05) is 32.8 Å². The van der Waals surface area contributed by atoms with Crippen molar-refractivity contribution in [3.63, 3.8) is 0 Å². The van der Waals surface area contributed by atoms with Gasteiger partial charge in [-0.1, -0.05) is 6.07 Å². The van der Waals surface area contributed by atoms with Gasteiger partial charge in [0.25, 0.3) is 12.4 Å². The summed E-state index contributed by atoms with van der Waals surface area (Å²) in [4.78, 5) is 29.9. The van der Waals surface area contributed by atoms with Gasteiger partial charge in [-0.3, -0.25) is 19.5 Å². The lowest BCUT2D eigenvalue weighted by atomic mass is 9.89. The molecule has 0 unspecified atom stereocenters. The molecule has 1 amide bonds. The number of piperidine rings is 1. The number of nitrogens with one attached hydrogen (secondary N) is 1. The van der Waals surface area contributed by atoms with Gasteiger partial charge in [-0.2, -0.15) is 15.4 Å². The van der Waals surface area contributed by atoms with E-state index < -0.39 is 0 Å². The highest BCUT2D eigenvalue weighted by molar-refractivity contribution is 5.93. The highest BCUT2D eigenvalue weighted by Crippen LogP contribution is 2.31. The fraction of sp³-hybridized carbons (Fsp3) is 0.550. The molecule has 2 saturated heterocycles. The van der Waals surface area contributed by atoms with Gasteiger partial charge < -0.3 is 14.7 Å². The summed E-state index contributed by atoms with van der Waals surface area (Å²) in [6.07, 6.45) is 1.68. The van der Waals surface area contributed by atoms with Crippen molar-refractivity contribution in [2.24, 2.45) is 0 Å². The summed E-state index contributed by atoms with van der Waals surface area (Å²) in [5.74, 6) is -0.0484. The molecule has 0 aromatic carbocycles. The van der Waals surface area contributed by atoms with Crippen LogP contribution in [0, 0.1) is 13.8 Å². The SMILES string of the molecule is Cc1cccc(CN2CCOC3(CCN(C(=O)c4n[nH]nc4C)CC3)C2)n1.O=CO. The maximum atomic E-state index is 12.6. The standard InChI is InChI=1S/C19H26N6O2.CH2O2/c1-14-4-3-5-16(20-14)12-24-10-11-27-19(13-24)6-8-25(9-7-19)18(26)17-15(2)21-23-22-17;2-1-3/h3-5H,6-13H2,1-2H3,(H,21,22,23);1H,(H,2,3). The topological polar surface area (TPSA) is 125 Å². The van der Waals surface area contributed by atoms with Crippen LogP contribution in [0.1, 0.15) is 40.4 Å². The largest absolute Gasteiger partial charge is 0.483 e. The Labute approximate surface area is 175 Å². The lowest BCUT2D eigenvalue weighted by Crippen LogP contribution is -2.57. The number of aromatic nitrogens is 4. The molecule has 10 nitrogen and oxygen atoms in total. The molecular weight excluding hydrogens is 388 g/mol. The number of hydrogen-bond acceptors (Lipinski definition) is 7. The zero-order valence-corrected chi connectivity index (χ0v) is 17.4. The number of carbonyl (C=O) groups excluding carboxylic acids is 1. The van der Waals surface area contributed by atoms with Gasteiger partial charge in [-0.25, -0.2) is 0 Å². The molecule has 0 saturated carbocycles. The number of carboxylic acid groups (broad SMARTS) is 1. The van der Waals surface area contributed by atoms with Crippen LogP contribution in [0.2, 0.25) is 0 Å². The van der Waals surface area contributed by atoms with Gasteiger partial charge in [0.15, 0.2) is 5.69 Å². The highest BCUT2D eigenvalue weighted by Gasteiger charge is 2.41. The Morgan fingerprint density at radius 1 is 1.27 bits per heavy atom. The van der Waals surface area contributed by atoms with Crippen molar-refractivity contribution in [2.45, 2.75) is 38.8 Å². The number of H-pyrrole nitrogens is 1. The zero-order valence-electron chi connectivity index (χ0n) is 17.4. The normalized spacial score (nSPS) is 18.5. The van der Waals surface area contributed by atoms with Crippen molar-refractivity contribution in [3.8, 4) is 0 Å². The average Bonchev–Trinajstić information content (AvgIpc) is 3.15. The van der Waals surface area contributed by atoms with Crippen LogP contribution in [0.5, 0.6) is 0 Å². The summed E-state index contributed by atoms with van der Waals surface area (Å²) in [6, 6.07) is 6.16. The highest BCUT2D eigenvalue weighted by atomic mass is 16.5. The minimum Gasteiger partial charge on any atom is -0.483 e. The molecule has 0 atom stereocenters. The third-order valence-electron chi connectivity index (χ3n) is 5.55. The summed E-state index contributed by atoms with van der Waals surface area (Å²) < 4.78 is 6.21. The smallest absolute Gasteiger partial charge is 0.290 e. The monoisotopic (exact) mass is 416 g/mol. The van der Waals surface area contributed by atoms with E-state index >= 15 is 0 Å². The van der Waals surface area contributed by atoms with Crippen LogP contribution in [0.25, 0.3) is 0 Å². The first-order chi connectivity index (χ1) is 14.5. The lowest BCUT2D eigenvalue weighted by molar-refractivity contribution is -0.134. The van der Waals surface area contributed by atoms with Crippen molar-refractivity contribution >= 4 is 12.4 Å². The summed E-state index contributed by atoms with van der Waals surface area (Å²) in [5, 5.41) is 17.3. The molecule has 2 aromatic rings. The second-order valence-electron chi connectivity index (χ2n) is 7.67. The number of carbonyl (C=O) groups is 2. The van der Waals surface area contributed by atoms with E-state index in [2.05, 4.69) is 37.4 Å². The average molecular weight is 416 g/mol. The lowest BCUT2D eigenvalue weighted by Gasteiger charge is -2.47. The molecule has 30 heavy (non-hydrogen) atoms. The summed E-state index contributed by atoms with van der Waals surface area (Å²) >= 11 is 0. The summed E-state index contributed by atoms with van der Waals surface area (Å²) in [6.45, 7) is 8.29. The van der Waals surface area contributed by atoms with Gasteiger partial charge in [0.1, 0.15) is 0 Å². The third kappa shape index (κ3) is 5.19. The minimum atomic E-state index is -0.250. The molecule has 2 N–H and O–H groups in total. The third-order valence-corrected chi connectivity index (χ3v) is 5.55. The van der Waals surface area contributed by atoms with Crippen LogP contribution in [-0.2, 0) is 16.1 Å². The van der Waals surface area contributed by atoms with Crippen molar-refractivity contribution < 1.29 is 19.4 Å². The first kappa shape index (κ1) is 21.8. The molecule has 2 aliphatic heterocycles. The first-order valence-corrected chi connectivity index (χ1v) is 10.00. The Bertz CT molecular complexity index is 862. The molecule has 162 valence electrons. The zero-order chi connectivity index (χ0) is 21.6. The predicted molar refractivity (Wildman–Crippen MR) is 108 cm³/mol. The van der Waals surface area contributed by atoms with Crippen LogP contribution in [0.3, 0.4) is 0 Å². The molecule has 4 heterocycles. The Morgan fingerprint density at radius 3 is 2.63 bits per heavy atom. The van der Waals surface area contributed by atoms with Crippen LogP contribution in [-0.4, -0.2) is 86.1 Å². The number of nitrogens with zero attached hydrogens (tertiary/aromatic N) is 5. The van der Waals surface area contributed by atoms with Gasteiger partial charge in [0.05, 0.1) is 23.6 Å². The molecular formula is C20H28N6O4. The number of ether oxygens (including phenoxy) is 1. The van der Waals surface area contributed by atoms with Gasteiger partial charge in [0, 0.05) is 38.4 Å². The number of hydrogen-bond donors (Lipinski definition) is 2. The molecule has 0 bridgehead atoms. The van der Waals surface area contributed by atoms with Crippen LogP contribution < -0.4 is 0 Å². The Hall–Kier alpha value is -2.85. The Kier molecular flexibility index (Phi) is 7.11. The number of morpholine rings is 1. The van der Waals surface area contributed by atoms with E-state index in [4.69, 9.17) is 14.6 Å². The quantitative estimate of drug-likeness (QED) is 0.711. The van der Waals surface area contributed by atoms with E-state index in [1.807, 2.05) is 17.9 Å². The fourth-order valence-electron chi connectivity index (χ4n) is 4.03. The van der Waals surface area contributed by atoms with Crippen molar-refractivity contribution in [1.29, 1.82) is 0 Å². The molecule has 2 fully saturated rings. The minimum absolute atomic E-state index is 0.0484. The van der Waals surface area contributed by atoms with Crippen LogP contribution >= 0.6 is 0 Å². The number of likely N-dealkylation sites (tertiary alicyclic amines) is 1. The molecule has 4 rings (SSSR count). The molecule has 1 spiro atoms. The predicted octanol–water partition coefficient (Wildman–Crippen LogP) is 1.02. The van der Waals surface area contributed by atoms with Gasteiger partial charge in [-0.15, -0.1) is 0 Å². The second kappa shape index (κ2) is 9.77. The van der Waals surface area contributed by atoms with Gasteiger partial charge in [-0.05, 0) is 38.8 Å². The van der Waals surface area contributed by atoms with Gasteiger partial charge >= 0.3 is 0 Å². The molecule has 0 aliphatic carbocycles. The number of amides is 1. The fourth-order valence-corrected chi connectivity index (χ4v) is 4.03. The molecule has 2 aromatic heterocycles. The van der Waals surface area contributed by atoms with E-state index in [-0.39, 0.29) is 18.0 Å². The van der Waals surface area contributed by atoms with E-state index in [1.54, 1.807) is 6.92 Å².